The number of carbonyl (C=O) groups is 2. The number of anilines is 2. The number of nitrogens with one attached hydrogen (secondary N) is 1. The molecule has 0 aliphatic carbocycles. The summed E-state index contributed by atoms with van der Waals surface area (Å²) in [5, 5.41) is 27.2. The molecule has 0 bridgehead atoms. The summed E-state index contributed by atoms with van der Waals surface area (Å²) in [4.78, 5) is 25.3. The maximum Gasteiger partial charge on any atom is 0.407 e. The molecule has 3 heterocycles. The summed E-state index contributed by atoms with van der Waals surface area (Å²) < 4.78 is 20.1. The average Bonchev–Trinajstić information content (AvgIpc) is 3.17. The van der Waals surface area contributed by atoms with Crippen molar-refractivity contribution in [1.82, 2.24) is 14.7 Å². The zero-order valence-corrected chi connectivity index (χ0v) is 18.1. The molecule has 1 aromatic carbocycles. The molecule has 4 N–H and O–H groups in total. The Morgan fingerprint density at radius 2 is 2.09 bits per heavy atom. The lowest BCUT2D eigenvalue weighted by Gasteiger charge is -2.47. The Kier molecular flexibility index (Phi) is 5.95. The van der Waals surface area contributed by atoms with Crippen molar-refractivity contribution in [3.05, 3.63) is 41.8 Å². The highest BCUT2D eigenvalue weighted by atomic mass is 19.1. The van der Waals surface area contributed by atoms with E-state index >= 15 is 0 Å². The topological polar surface area (TPSA) is 146 Å². The zero-order valence-electron chi connectivity index (χ0n) is 18.1. The summed E-state index contributed by atoms with van der Waals surface area (Å²) >= 11 is 0. The van der Waals surface area contributed by atoms with Crippen molar-refractivity contribution >= 4 is 23.5 Å². The number of ether oxygens (including phenoxy) is 1. The van der Waals surface area contributed by atoms with E-state index in [1.807, 2.05) is 6.92 Å². The van der Waals surface area contributed by atoms with Gasteiger partial charge in [0, 0.05) is 23.8 Å². The van der Waals surface area contributed by atoms with Crippen LogP contribution in [0.5, 0.6) is 0 Å². The monoisotopic (exact) mass is 456 g/mol. The Morgan fingerprint density at radius 1 is 1.39 bits per heavy atom. The number of carbonyl (C=O) groups excluding carboxylic acids is 1. The standard InChI is InChI=1S/C22H25FN6O4/c1-22(11-33-12-22)8-18-15(9-24)17(6-7-28(18)21(31)32)29-10-16(19(25)30)20(27-29)26-14-4-2-13(23)3-5-14/h2-5,10,15,17-18H,6-8,11-12H2,1H3,(H2,25,30)(H,26,27)(H,31,32)/t15-,17+,18?/m1/s1. The molecule has 0 radical (unpaired) electrons. The number of aromatic nitrogens is 2. The lowest BCUT2D eigenvalue weighted by atomic mass is 9.74. The number of benzene rings is 1. The maximum absolute atomic E-state index is 13.2. The molecule has 4 rings (SSSR count). The predicted octanol–water partition coefficient (Wildman–Crippen LogP) is 2.72. The van der Waals surface area contributed by atoms with Gasteiger partial charge >= 0.3 is 6.09 Å². The summed E-state index contributed by atoms with van der Waals surface area (Å²) in [6.07, 6.45) is 1.24. The number of piperidine rings is 1. The van der Waals surface area contributed by atoms with Gasteiger partial charge in [-0.05, 0) is 37.1 Å². The molecule has 1 aromatic heterocycles. The number of carboxylic acid groups (broad SMARTS) is 1. The second-order valence-corrected chi connectivity index (χ2v) is 8.93. The molecule has 3 atom stereocenters. The molecule has 2 saturated heterocycles. The number of nitrogens with two attached hydrogens (primary N) is 1. The van der Waals surface area contributed by atoms with Crippen molar-refractivity contribution in [2.45, 2.75) is 31.8 Å². The first-order chi connectivity index (χ1) is 15.7. The van der Waals surface area contributed by atoms with E-state index < -0.39 is 35.8 Å². The normalized spacial score (nSPS) is 23.9. The average molecular weight is 456 g/mol. The third kappa shape index (κ3) is 4.47. The van der Waals surface area contributed by atoms with Crippen molar-refractivity contribution in [1.29, 1.82) is 5.26 Å². The number of hydrogen-bond acceptors (Lipinski definition) is 6. The molecule has 174 valence electrons. The van der Waals surface area contributed by atoms with Crippen LogP contribution in [-0.2, 0) is 4.74 Å². The van der Waals surface area contributed by atoms with Gasteiger partial charge in [-0.25, -0.2) is 9.18 Å². The van der Waals surface area contributed by atoms with Gasteiger partial charge in [0.05, 0.1) is 37.3 Å². The molecule has 2 fully saturated rings. The van der Waals surface area contributed by atoms with Crippen molar-refractivity contribution in [2.24, 2.45) is 17.1 Å². The van der Waals surface area contributed by atoms with Gasteiger partial charge in [0.15, 0.2) is 5.82 Å². The number of amides is 2. The van der Waals surface area contributed by atoms with Crippen LogP contribution in [0.1, 0.15) is 36.2 Å². The molecule has 11 heteroatoms. The molecular formula is C22H25FN6O4. The minimum absolute atomic E-state index is 0.118. The Morgan fingerprint density at radius 3 is 2.64 bits per heavy atom. The van der Waals surface area contributed by atoms with Gasteiger partial charge in [-0.1, -0.05) is 6.92 Å². The highest BCUT2D eigenvalue weighted by molar-refractivity contribution is 5.98. The van der Waals surface area contributed by atoms with Crippen molar-refractivity contribution in [2.75, 3.05) is 25.1 Å². The molecule has 2 aliphatic rings. The van der Waals surface area contributed by atoms with E-state index in [1.165, 1.54) is 40.0 Å². The summed E-state index contributed by atoms with van der Waals surface area (Å²) in [5.74, 6) is -1.62. The summed E-state index contributed by atoms with van der Waals surface area (Å²) in [5.41, 5.74) is 5.97. The largest absolute Gasteiger partial charge is 0.465 e. The highest BCUT2D eigenvalue weighted by Gasteiger charge is 2.47. The Labute approximate surface area is 189 Å². The first kappa shape index (κ1) is 22.5. The van der Waals surface area contributed by atoms with Gasteiger partial charge in [0.1, 0.15) is 11.4 Å². The van der Waals surface area contributed by atoms with Crippen molar-refractivity contribution in [3.63, 3.8) is 0 Å². The van der Waals surface area contributed by atoms with E-state index in [0.29, 0.717) is 31.7 Å². The quantitative estimate of drug-likeness (QED) is 0.605. The fourth-order valence-electron chi connectivity index (χ4n) is 4.59. The van der Waals surface area contributed by atoms with Crippen LogP contribution in [0.15, 0.2) is 30.5 Å². The molecule has 2 aliphatic heterocycles. The summed E-state index contributed by atoms with van der Waals surface area (Å²) in [6, 6.07) is 6.82. The van der Waals surface area contributed by atoms with Gasteiger partial charge in [-0.2, -0.15) is 10.4 Å². The summed E-state index contributed by atoms with van der Waals surface area (Å²) in [7, 11) is 0. The number of nitriles is 1. The SMILES string of the molecule is CC1(CC2[C@H](C#N)[C@@H](n3cc(C(N)=O)c(Nc4ccc(F)cc4)n3)CCN2C(=O)O)COC1. The van der Waals surface area contributed by atoms with E-state index in [9.17, 15) is 24.3 Å². The first-order valence-electron chi connectivity index (χ1n) is 10.6. The van der Waals surface area contributed by atoms with Crippen LogP contribution < -0.4 is 11.1 Å². The van der Waals surface area contributed by atoms with E-state index in [-0.39, 0.29) is 23.3 Å². The minimum atomic E-state index is -1.07. The number of primary amides is 1. The van der Waals surface area contributed by atoms with Crippen LogP contribution in [0.3, 0.4) is 0 Å². The van der Waals surface area contributed by atoms with Crippen LogP contribution >= 0.6 is 0 Å². The van der Waals surface area contributed by atoms with Crippen LogP contribution in [0, 0.1) is 28.5 Å². The second kappa shape index (κ2) is 8.71. The fraction of sp³-hybridized carbons (Fsp3) is 0.455. The molecule has 0 spiro atoms. The Bertz CT molecular complexity index is 1090. The number of rotatable bonds is 6. The lowest BCUT2D eigenvalue weighted by Crippen LogP contribution is -2.55. The molecule has 10 nitrogen and oxygen atoms in total. The van der Waals surface area contributed by atoms with Crippen molar-refractivity contribution < 1.29 is 23.8 Å². The maximum atomic E-state index is 13.2. The molecule has 0 saturated carbocycles. The molecule has 2 aromatic rings. The third-order valence-electron chi connectivity index (χ3n) is 6.34. The second-order valence-electron chi connectivity index (χ2n) is 8.93. The van der Waals surface area contributed by atoms with E-state index in [0.717, 1.165) is 0 Å². The summed E-state index contributed by atoms with van der Waals surface area (Å²) in [6.45, 7) is 3.27. The van der Waals surface area contributed by atoms with E-state index in [4.69, 9.17) is 10.5 Å². The van der Waals surface area contributed by atoms with Gasteiger partial charge in [-0.3, -0.25) is 9.48 Å². The fourth-order valence-corrected chi connectivity index (χ4v) is 4.59. The minimum Gasteiger partial charge on any atom is -0.465 e. The van der Waals surface area contributed by atoms with Crippen LogP contribution in [0.4, 0.5) is 20.7 Å². The van der Waals surface area contributed by atoms with Gasteiger partial charge in [0.25, 0.3) is 5.91 Å². The zero-order chi connectivity index (χ0) is 23.8. The smallest absolute Gasteiger partial charge is 0.407 e. The predicted molar refractivity (Wildman–Crippen MR) is 115 cm³/mol. The van der Waals surface area contributed by atoms with Crippen molar-refractivity contribution in [3.8, 4) is 6.07 Å². The van der Waals surface area contributed by atoms with Crippen LogP contribution in [-0.4, -0.2) is 57.6 Å². The molecule has 1 unspecified atom stereocenters. The van der Waals surface area contributed by atoms with Gasteiger partial charge in [-0.15, -0.1) is 0 Å². The first-order valence-corrected chi connectivity index (χ1v) is 10.6. The number of halogens is 1. The van der Waals surface area contributed by atoms with Crippen LogP contribution in [0.2, 0.25) is 0 Å². The Balaban J connectivity index is 1.65. The number of nitrogens with zero attached hydrogens (tertiary/aromatic N) is 4. The highest BCUT2D eigenvalue weighted by Crippen LogP contribution is 2.41. The molecular weight excluding hydrogens is 431 g/mol. The molecule has 2 amide bonds. The van der Waals surface area contributed by atoms with Gasteiger partial charge < -0.3 is 25.8 Å². The Hall–Kier alpha value is -3.65. The van der Waals surface area contributed by atoms with E-state index in [2.05, 4.69) is 16.5 Å². The van der Waals surface area contributed by atoms with E-state index in [1.54, 1.807) is 0 Å². The number of likely N-dealkylation sites (tertiary alicyclic amines) is 1. The molecule has 33 heavy (non-hydrogen) atoms. The van der Waals surface area contributed by atoms with Gasteiger partial charge in [0.2, 0.25) is 0 Å². The lowest BCUT2D eigenvalue weighted by molar-refractivity contribution is -0.120. The number of hydrogen-bond donors (Lipinski definition) is 3. The van der Waals surface area contributed by atoms with Crippen LogP contribution in [0.25, 0.3) is 0 Å². The third-order valence-corrected chi connectivity index (χ3v) is 6.34.